The first-order valence-electron chi connectivity index (χ1n) is 10.3. The molecule has 1 N–H and O–H groups in total. The van der Waals surface area contributed by atoms with Gasteiger partial charge in [-0.15, -0.1) is 11.3 Å². The first kappa shape index (κ1) is 23.0. The zero-order chi connectivity index (χ0) is 23.8. The van der Waals surface area contributed by atoms with E-state index < -0.39 is 6.04 Å². The Labute approximate surface area is 216 Å². The highest BCUT2D eigenvalue weighted by molar-refractivity contribution is 9.11. The lowest BCUT2D eigenvalue weighted by molar-refractivity contribution is -0.113. The van der Waals surface area contributed by atoms with Crippen molar-refractivity contribution in [2.75, 3.05) is 5.32 Å². The number of aromatic nitrogens is 1. The second-order valence-corrected chi connectivity index (χ2v) is 11.5. The number of fused-ring (bicyclic) bond motifs is 1. The van der Waals surface area contributed by atoms with E-state index in [0.29, 0.717) is 31.3 Å². The van der Waals surface area contributed by atoms with Crippen LogP contribution in [0, 0.1) is 0 Å². The molecule has 4 aromatic rings. The highest BCUT2D eigenvalue weighted by Gasteiger charge is 2.32. The van der Waals surface area contributed by atoms with Gasteiger partial charge in [-0.05, 0) is 70.9 Å². The first-order valence-corrected chi connectivity index (χ1v) is 13.1. The summed E-state index contributed by atoms with van der Waals surface area (Å²) in [4.78, 5) is 33.2. The fraction of sp³-hybridized carbons (Fsp3) is 0.0800. The van der Waals surface area contributed by atoms with Crippen molar-refractivity contribution in [2.45, 2.75) is 13.0 Å². The Morgan fingerprint density at radius 2 is 1.82 bits per heavy atom. The Balaban J connectivity index is 1.68. The summed E-state index contributed by atoms with van der Waals surface area (Å²) < 4.78 is 3.15. The maximum atomic E-state index is 13.6. The van der Waals surface area contributed by atoms with Gasteiger partial charge in [0.2, 0.25) is 0 Å². The molecule has 1 amide bonds. The fourth-order valence-electron chi connectivity index (χ4n) is 3.83. The minimum Gasteiger partial charge on any atom is -0.322 e. The van der Waals surface area contributed by atoms with Gasteiger partial charge >= 0.3 is 0 Å². The number of rotatable bonds is 4. The molecule has 0 saturated heterocycles. The lowest BCUT2D eigenvalue weighted by Crippen LogP contribution is -2.40. The number of nitrogens with zero attached hydrogens (tertiary/aromatic N) is 2. The van der Waals surface area contributed by atoms with E-state index in [4.69, 9.17) is 11.6 Å². The van der Waals surface area contributed by atoms with E-state index in [1.54, 1.807) is 35.0 Å². The molecule has 170 valence electrons. The molecule has 0 spiro atoms. The SMILES string of the molecule is CC1=C(C(=O)Nc2ccccc2)[C@@H](c2ccc(Cl)cc2)n2c(s/c(=C/c3ccc(Br)s3)c2=O)=N1. The topological polar surface area (TPSA) is 63.5 Å². The van der Waals surface area contributed by atoms with Crippen LogP contribution >= 0.6 is 50.2 Å². The molecule has 0 radical (unpaired) electrons. The van der Waals surface area contributed by atoms with Crippen LogP contribution in [-0.4, -0.2) is 10.5 Å². The molecule has 0 fully saturated rings. The van der Waals surface area contributed by atoms with Crippen molar-refractivity contribution in [1.29, 1.82) is 0 Å². The van der Waals surface area contributed by atoms with Crippen molar-refractivity contribution in [3.8, 4) is 0 Å². The molecular formula is C25H17BrClN3O2S2. The van der Waals surface area contributed by atoms with Crippen molar-refractivity contribution >= 4 is 67.9 Å². The number of carbonyl (C=O) groups excluding carboxylic acids is 1. The van der Waals surface area contributed by atoms with E-state index in [0.717, 1.165) is 14.2 Å². The molecule has 3 heterocycles. The Morgan fingerprint density at radius 1 is 1.09 bits per heavy atom. The predicted octanol–water partition coefficient (Wildman–Crippen LogP) is 5.35. The largest absolute Gasteiger partial charge is 0.322 e. The number of nitrogens with one attached hydrogen (secondary N) is 1. The molecule has 1 aliphatic heterocycles. The fourth-order valence-corrected chi connectivity index (χ4v) is 6.43. The van der Waals surface area contributed by atoms with Crippen LogP contribution in [0.25, 0.3) is 6.08 Å². The van der Waals surface area contributed by atoms with Crippen LogP contribution < -0.4 is 20.2 Å². The number of anilines is 1. The summed E-state index contributed by atoms with van der Waals surface area (Å²) in [6.45, 7) is 1.80. The summed E-state index contributed by atoms with van der Waals surface area (Å²) in [5.74, 6) is -0.302. The number of para-hydroxylation sites is 1. The van der Waals surface area contributed by atoms with Gasteiger partial charge < -0.3 is 5.32 Å². The van der Waals surface area contributed by atoms with E-state index in [2.05, 4.69) is 26.2 Å². The Bertz CT molecular complexity index is 1600. The molecule has 9 heteroatoms. The minimum absolute atomic E-state index is 0.189. The molecule has 0 saturated carbocycles. The summed E-state index contributed by atoms with van der Waals surface area (Å²) in [5, 5.41) is 3.53. The van der Waals surface area contributed by atoms with Crippen LogP contribution in [0.5, 0.6) is 0 Å². The first-order chi connectivity index (χ1) is 16.4. The van der Waals surface area contributed by atoms with E-state index in [1.807, 2.05) is 60.7 Å². The van der Waals surface area contributed by atoms with Crippen molar-refractivity contribution in [3.63, 3.8) is 0 Å². The molecule has 1 aliphatic rings. The predicted molar refractivity (Wildman–Crippen MR) is 142 cm³/mol. The lowest BCUT2D eigenvalue weighted by atomic mass is 9.95. The third-order valence-corrected chi connectivity index (χ3v) is 8.16. The zero-order valence-electron chi connectivity index (χ0n) is 17.8. The van der Waals surface area contributed by atoms with Gasteiger partial charge in [-0.3, -0.25) is 14.2 Å². The Kier molecular flexibility index (Phi) is 6.40. The quantitative estimate of drug-likeness (QED) is 0.360. The second-order valence-electron chi connectivity index (χ2n) is 7.60. The molecule has 1 atom stereocenters. The molecule has 2 aromatic carbocycles. The highest BCUT2D eigenvalue weighted by Crippen LogP contribution is 2.31. The standard InChI is InChI=1S/C25H17BrClN3O2S2/c1-14-21(23(31)29-17-5-3-2-4-6-17)22(15-7-9-16(27)10-8-15)30-24(32)19(34-25(30)28-14)13-18-11-12-20(26)33-18/h2-13,22H,1H3,(H,29,31)/b19-13+/t22-/m1/s1. The van der Waals surface area contributed by atoms with Crippen LogP contribution in [-0.2, 0) is 4.79 Å². The summed E-state index contributed by atoms with van der Waals surface area (Å²) in [5.41, 5.74) is 2.25. The summed E-state index contributed by atoms with van der Waals surface area (Å²) in [6.07, 6.45) is 1.86. The number of hydrogen-bond acceptors (Lipinski definition) is 5. The molecule has 0 bridgehead atoms. The molecule has 0 aliphatic carbocycles. The van der Waals surface area contributed by atoms with Crippen molar-refractivity contribution in [2.24, 2.45) is 4.99 Å². The van der Waals surface area contributed by atoms with Crippen LogP contribution in [0.3, 0.4) is 0 Å². The normalized spacial score (nSPS) is 15.7. The van der Waals surface area contributed by atoms with Crippen molar-refractivity contribution in [1.82, 2.24) is 4.57 Å². The van der Waals surface area contributed by atoms with Gasteiger partial charge in [0.25, 0.3) is 11.5 Å². The van der Waals surface area contributed by atoms with Gasteiger partial charge in [-0.25, -0.2) is 4.99 Å². The highest BCUT2D eigenvalue weighted by atomic mass is 79.9. The summed E-state index contributed by atoms with van der Waals surface area (Å²) in [6, 6.07) is 19.7. The molecule has 2 aromatic heterocycles. The second kappa shape index (κ2) is 9.46. The lowest BCUT2D eigenvalue weighted by Gasteiger charge is -2.25. The number of benzene rings is 2. The van der Waals surface area contributed by atoms with Crippen LogP contribution in [0.1, 0.15) is 23.4 Å². The number of allylic oxidation sites excluding steroid dienone is 1. The molecular weight excluding hydrogens is 554 g/mol. The van der Waals surface area contributed by atoms with E-state index in [9.17, 15) is 9.59 Å². The number of thiazole rings is 1. The summed E-state index contributed by atoms with van der Waals surface area (Å²) >= 11 is 12.5. The van der Waals surface area contributed by atoms with Gasteiger partial charge in [0, 0.05) is 15.6 Å². The van der Waals surface area contributed by atoms with Crippen molar-refractivity contribution < 1.29 is 4.79 Å². The van der Waals surface area contributed by atoms with E-state index in [-0.39, 0.29) is 11.5 Å². The molecule has 5 rings (SSSR count). The zero-order valence-corrected chi connectivity index (χ0v) is 21.8. The third kappa shape index (κ3) is 4.46. The number of carbonyl (C=O) groups is 1. The number of hydrogen-bond donors (Lipinski definition) is 1. The van der Waals surface area contributed by atoms with Gasteiger partial charge in [-0.1, -0.05) is 53.3 Å². The number of halogens is 2. The Hall–Kier alpha value is -2.78. The molecule has 34 heavy (non-hydrogen) atoms. The smallest absolute Gasteiger partial charge is 0.271 e. The van der Waals surface area contributed by atoms with E-state index in [1.165, 1.54) is 11.3 Å². The third-order valence-electron chi connectivity index (χ3n) is 5.35. The summed E-state index contributed by atoms with van der Waals surface area (Å²) in [7, 11) is 0. The van der Waals surface area contributed by atoms with E-state index >= 15 is 0 Å². The number of thiophene rings is 1. The number of amides is 1. The molecule has 5 nitrogen and oxygen atoms in total. The van der Waals surface area contributed by atoms with Gasteiger partial charge in [-0.2, -0.15) is 0 Å². The monoisotopic (exact) mass is 569 g/mol. The van der Waals surface area contributed by atoms with Crippen LogP contribution in [0.15, 0.2) is 91.6 Å². The van der Waals surface area contributed by atoms with Crippen LogP contribution in [0.4, 0.5) is 5.69 Å². The maximum Gasteiger partial charge on any atom is 0.271 e. The van der Waals surface area contributed by atoms with Crippen molar-refractivity contribution in [3.05, 3.63) is 117 Å². The van der Waals surface area contributed by atoms with Gasteiger partial charge in [0.1, 0.15) is 0 Å². The molecule has 0 unspecified atom stereocenters. The van der Waals surface area contributed by atoms with Gasteiger partial charge in [0.15, 0.2) is 4.80 Å². The Morgan fingerprint density at radius 3 is 2.50 bits per heavy atom. The van der Waals surface area contributed by atoms with Crippen LogP contribution in [0.2, 0.25) is 5.02 Å². The minimum atomic E-state index is -0.630. The maximum absolute atomic E-state index is 13.6. The average Bonchev–Trinajstić information content (AvgIpc) is 3.36. The van der Waals surface area contributed by atoms with Gasteiger partial charge in [0.05, 0.1) is 25.6 Å². The average molecular weight is 571 g/mol.